The second-order valence-electron chi connectivity index (χ2n) is 7.20. The van der Waals surface area contributed by atoms with Gasteiger partial charge in [0.1, 0.15) is 0 Å². The van der Waals surface area contributed by atoms with E-state index < -0.39 is 0 Å². The topological polar surface area (TPSA) is 76.0 Å². The van der Waals surface area contributed by atoms with Crippen molar-refractivity contribution in [3.8, 4) is 5.69 Å². The number of hydrogen-bond acceptors (Lipinski definition) is 3. The lowest BCUT2D eigenvalue weighted by Gasteiger charge is -2.10. The third-order valence-corrected chi connectivity index (χ3v) is 4.99. The molecule has 0 bridgehead atoms. The number of nitrogens with zero attached hydrogens (tertiary/aromatic N) is 2. The van der Waals surface area contributed by atoms with Crippen LogP contribution in [0.2, 0.25) is 0 Å². The molecule has 1 aliphatic heterocycles. The van der Waals surface area contributed by atoms with Gasteiger partial charge >= 0.3 is 0 Å². The number of carbonyl (C=O) groups excluding carboxylic acids is 2. The third-order valence-electron chi connectivity index (χ3n) is 4.99. The van der Waals surface area contributed by atoms with Crippen molar-refractivity contribution in [1.82, 2.24) is 15.1 Å². The standard InChI is InChI=1S/C22H22N4O2/c1-14-6-8-19(9-7-14)26-15(2)10-20(25-26)22(28)24-18-5-3-4-16(11-18)17-12-21(27)23-13-17/h3-11,17H,12-13H2,1-2H3,(H,23,27)(H,24,28)/t17-/m1/s1. The number of aromatic nitrogens is 2. The van der Waals surface area contributed by atoms with Gasteiger partial charge in [-0.3, -0.25) is 9.59 Å². The van der Waals surface area contributed by atoms with E-state index >= 15 is 0 Å². The van der Waals surface area contributed by atoms with Crippen LogP contribution in [0, 0.1) is 13.8 Å². The van der Waals surface area contributed by atoms with Crippen LogP contribution in [0.1, 0.15) is 39.6 Å². The van der Waals surface area contributed by atoms with Gasteiger partial charge in [-0.15, -0.1) is 0 Å². The Hall–Kier alpha value is -3.41. The van der Waals surface area contributed by atoms with Crippen molar-refractivity contribution in [2.45, 2.75) is 26.2 Å². The van der Waals surface area contributed by atoms with E-state index in [4.69, 9.17) is 0 Å². The molecular weight excluding hydrogens is 352 g/mol. The molecule has 1 saturated heterocycles. The molecule has 2 heterocycles. The number of nitrogens with one attached hydrogen (secondary N) is 2. The molecule has 2 amide bonds. The van der Waals surface area contributed by atoms with Gasteiger partial charge in [0.15, 0.2) is 5.69 Å². The van der Waals surface area contributed by atoms with Crippen molar-refractivity contribution < 1.29 is 9.59 Å². The molecule has 6 nitrogen and oxygen atoms in total. The zero-order valence-corrected chi connectivity index (χ0v) is 15.9. The average molecular weight is 374 g/mol. The second kappa shape index (κ2) is 7.31. The number of rotatable bonds is 4. The van der Waals surface area contributed by atoms with E-state index in [-0.39, 0.29) is 17.7 Å². The third kappa shape index (κ3) is 3.67. The van der Waals surface area contributed by atoms with Crippen LogP contribution in [0.5, 0.6) is 0 Å². The summed E-state index contributed by atoms with van der Waals surface area (Å²) in [4.78, 5) is 24.1. The molecule has 2 aromatic carbocycles. The lowest BCUT2D eigenvalue weighted by Crippen LogP contribution is -2.14. The molecule has 0 spiro atoms. The molecule has 0 saturated carbocycles. The summed E-state index contributed by atoms with van der Waals surface area (Å²) < 4.78 is 1.76. The molecule has 0 radical (unpaired) electrons. The maximum Gasteiger partial charge on any atom is 0.276 e. The summed E-state index contributed by atoms with van der Waals surface area (Å²) in [5.74, 6) is -0.0457. The first-order valence-electron chi connectivity index (χ1n) is 9.31. The summed E-state index contributed by atoms with van der Waals surface area (Å²) in [7, 11) is 0. The lowest BCUT2D eigenvalue weighted by molar-refractivity contribution is -0.119. The van der Waals surface area contributed by atoms with E-state index in [1.807, 2.05) is 62.4 Å². The summed E-state index contributed by atoms with van der Waals surface area (Å²) in [5, 5.41) is 10.2. The van der Waals surface area contributed by atoms with Crippen LogP contribution in [0.25, 0.3) is 5.69 Å². The summed E-state index contributed by atoms with van der Waals surface area (Å²) in [6.45, 7) is 4.59. The largest absolute Gasteiger partial charge is 0.355 e. The summed E-state index contributed by atoms with van der Waals surface area (Å²) in [5.41, 5.74) is 5.08. The molecule has 3 aromatic rings. The molecule has 28 heavy (non-hydrogen) atoms. The molecule has 142 valence electrons. The van der Waals surface area contributed by atoms with Gasteiger partial charge in [-0.2, -0.15) is 5.10 Å². The highest BCUT2D eigenvalue weighted by atomic mass is 16.2. The zero-order valence-electron chi connectivity index (χ0n) is 15.9. The van der Waals surface area contributed by atoms with Crippen molar-refractivity contribution in [3.05, 3.63) is 77.1 Å². The van der Waals surface area contributed by atoms with E-state index in [2.05, 4.69) is 15.7 Å². The first-order valence-corrected chi connectivity index (χ1v) is 9.31. The number of aryl methyl sites for hydroxylation is 2. The normalized spacial score (nSPS) is 16.1. The van der Waals surface area contributed by atoms with Crippen molar-refractivity contribution in [2.75, 3.05) is 11.9 Å². The summed E-state index contributed by atoms with van der Waals surface area (Å²) in [6.07, 6.45) is 0.484. The van der Waals surface area contributed by atoms with Crippen LogP contribution in [0.4, 0.5) is 5.69 Å². The van der Waals surface area contributed by atoms with Crippen LogP contribution in [0.15, 0.2) is 54.6 Å². The van der Waals surface area contributed by atoms with Crippen molar-refractivity contribution in [1.29, 1.82) is 0 Å². The molecule has 1 fully saturated rings. The Labute approximate surface area is 163 Å². The van der Waals surface area contributed by atoms with Crippen LogP contribution < -0.4 is 10.6 Å². The Kier molecular flexibility index (Phi) is 4.69. The summed E-state index contributed by atoms with van der Waals surface area (Å²) >= 11 is 0. The van der Waals surface area contributed by atoms with Gasteiger partial charge in [0.05, 0.1) is 5.69 Å². The molecule has 2 N–H and O–H groups in total. The van der Waals surface area contributed by atoms with Crippen LogP contribution >= 0.6 is 0 Å². The fourth-order valence-corrected chi connectivity index (χ4v) is 3.44. The van der Waals surface area contributed by atoms with Crippen molar-refractivity contribution in [3.63, 3.8) is 0 Å². The predicted octanol–water partition coefficient (Wildman–Crippen LogP) is 3.34. The lowest BCUT2D eigenvalue weighted by atomic mass is 9.98. The molecule has 0 aliphatic carbocycles. The Morgan fingerprint density at radius 1 is 1.14 bits per heavy atom. The second-order valence-corrected chi connectivity index (χ2v) is 7.20. The van der Waals surface area contributed by atoms with Crippen LogP contribution in [-0.4, -0.2) is 28.1 Å². The van der Waals surface area contributed by atoms with Gasteiger partial charge in [0.2, 0.25) is 5.91 Å². The fourth-order valence-electron chi connectivity index (χ4n) is 3.44. The molecule has 6 heteroatoms. The number of carbonyl (C=O) groups is 2. The van der Waals surface area contributed by atoms with Crippen LogP contribution in [-0.2, 0) is 4.79 Å². The smallest absolute Gasteiger partial charge is 0.276 e. The average Bonchev–Trinajstić information content (AvgIpc) is 3.29. The van der Waals surface area contributed by atoms with E-state index in [1.54, 1.807) is 10.7 Å². The van der Waals surface area contributed by atoms with Gasteiger partial charge in [0, 0.05) is 30.3 Å². The van der Waals surface area contributed by atoms with Crippen LogP contribution in [0.3, 0.4) is 0 Å². The Balaban J connectivity index is 1.52. The minimum Gasteiger partial charge on any atom is -0.355 e. The SMILES string of the molecule is Cc1ccc(-n2nc(C(=O)Nc3cccc([C@H]4CNC(=O)C4)c3)cc2C)cc1. The number of hydrogen-bond donors (Lipinski definition) is 2. The summed E-state index contributed by atoms with van der Waals surface area (Å²) in [6, 6.07) is 17.4. The molecule has 1 aromatic heterocycles. The van der Waals surface area contributed by atoms with Gasteiger partial charge in [-0.05, 0) is 49.7 Å². The Morgan fingerprint density at radius 3 is 2.64 bits per heavy atom. The maximum absolute atomic E-state index is 12.7. The monoisotopic (exact) mass is 374 g/mol. The minimum atomic E-state index is -0.258. The first kappa shape index (κ1) is 18.0. The molecule has 1 aliphatic rings. The Morgan fingerprint density at radius 2 is 1.93 bits per heavy atom. The number of amides is 2. The van der Waals surface area contributed by atoms with Gasteiger partial charge in [-0.25, -0.2) is 4.68 Å². The number of anilines is 1. The van der Waals surface area contributed by atoms with Crippen molar-refractivity contribution in [2.24, 2.45) is 0 Å². The fraction of sp³-hybridized carbons (Fsp3) is 0.227. The molecule has 1 atom stereocenters. The zero-order chi connectivity index (χ0) is 19.7. The van der Waals surface area contributed by atoms with E-state index in [1.165, 1.54) is 5.56 Å². The minimum absolute atomic E-state index is 0.0663. The predicted molar refractivity (Wildman–Crippen MR) is 108 cm³/mol. The van der Waals surface area contributed by atoms with Gasteiger partial charge in [-0.1, -0.05) is 29.8 Å². The van der Waals surface area contributed by atoms with Gasteiger partial charge in [0.25, 0.3) is 5.91 Å². The molecule has 4 rings (SSSR count). The van der Waals surface area contributed by atoms with Crippen molar-refractivity contribution >= 4 is 17.5 Å². The maximum atomic E-state index is 12.7. The van der Waals surface area contributed by atoms with E-state index in [9.17, 15) is 9.59 Å². The van der Waals surface area contributed by atoms with E-state index in [0.29, 0.717) is 24.3 Å². The highest BCUT2D eigenvalue weighted by molar-refractivity contribution is 6.03. The van der Waals surface area contributed by atoms with E-state index in [0.717, 1.165) is 16.9 Å². The quantitative estimate of drug-likeness (QED) is 0.735. The highest BCUT2D eigenvalue weighted by Gasteiger charge is 2.23. The highest BCUT2D eigenvalue weighted by Crippen LogP contribution is 2.25. The Bertz CT molecular complexity index is 1040. The number of benzene rings is 2. The molecular formula is C22H22N4O2. The van der Waals surface area contributed by atoms with Gasteiger partial charge < -0.3 is 10.6 Å². The first-order chi connectivity index (χ1) is 13.5. The molecule has 0 unspecified atom stereocenters.